The monoisotopic (exact) mass is 353 g/mol. The number of aryl methyl sites for hydroxylation is 2. The van der Waals surface area contributed by atoms with Gasteiger partial charge in [-0.05, 0) is 13.8 Å². The summed E-state index contributed by atoms with van der Waals surface area (Å²) in [7, 11) is -3.75. The highest BCUT2D eigenvalue weighted by atomic mass is 32.2. The minimum Gasteiger partial charge on any atom is -0.369 e. The first kappa shape index (κ1) is 16.6. The van der Waals surface area contributed by atoms with Crippen molar-refractivity contribution < 1.29 is 13.2 Å². The van der Waals surface area contributed by atoms with Crippen molar-refractivity contribution in [2.75, 3.05) is 13.1 Å². The van der Waals surface area contributed by atoms with E-state index < -0.39 is 27.8 Å². The zero-order chi connectivity index (χ0) is 17.5. The molecule has 0 aromatic carbocycles. The van der Waals surface area contributed by atoms with E-state index in [0.717, 1.165) is 0 Å². The molecule has 1 amide bonds. The Hall–Kier alpha value is -2.27. The highest BCUT2D eigenvalue weighted by molar-refractivity contribution is 7.89. The molecule has 2 aromatic heterocycles. The number of hydrogen-bond acceptors (Lipinski definition) is 6. The number of nitrogens with zero attached hydrogens (tertiary/aromatic N) is 5. The lowest BCUT2D eigenvalue weighted by Crippen LogP contribution is -2.32. The number of aromatic amines is 1. The van der Waals surface area contributed by atoms with Crippen LogP contribution in [0.3, 0.4) is 0 Å². The van der Waals surface area contributed by atoms with Crippen LogP contribution in [0.15, 0.2) is 17.3 Å². The van der Waals surface area contributed by atoms with Crippen LogP contribution in [0, 0.1) is 12.8 Å². The second-order valence-corrected chi connectivity index (χ2v) is 7.69. The molecule has 0 spiro atoms. The number of rotatable bonds is 5. The summed E-state index contributed by atoms with van der Waals surface area (Å²) in [6, 6.07) is 0. The number of carbonyl (C=O) groups is 1. The lowest BCUT2D eigenvalue weighted by Gasteiger charge is -2.14. The number of sulfonamides is 1. The van der Waals surface area contributed by atoms with Crippen LogP contribution in [-0.2, 0) is 21.4 Å². The Balaban J connectivity index is 1.91. The van der Waals surface area contributed by atoms with Crippen LogP contribution >= 0.6 is 0 Å². The molecule has 0 unspecified atom stereocenters. The van der Waals surface area contributed by atoms with Crippen LogP contribution in [0.25, 0.3) is 0 Å². The van der Waals surface area contributed by atoms with Gasteiger partial charge in [0.2, 0.25) is 15.9 Å². The van der Waals surface area contributed by atoms with Crippen LogP contribution in [0.1, 0.15) is 24.5 Å². The van der Waals surface area contributed by atoms with Gasteiger partial charge in [0.1, 0.15) is 10.7 Å². The Labute approximate surface area is 139 Å². The van der Waals surface area contributed by atoms with Crippen LogP contribution in [0.2, 0.25) is 0 Å². The molecule has 1 saturated heterocycles. The first-order valence-electron chi connectivity index (χ1n) is 7.53. The third kappa shape index (κ3) is 2.80. The maximum atomic E-state index is 12.8. The summed E-state index contributed by atoms with van der Waals surface area (Å²) in [6.07, 6.45) is 2.78. The SMILES string of the molecule is CCn1cc(S(=O)(=O)N2C[C@@H](C(N)=O)[C@H](c3n[nH]c(C)n3)C2)cn1. The van der Waals surface area contributed by atoms with E-state index >= 15 is 0 Å². The molecule has 1 fully saturated rings. The van der Waals surface area contributed by atoms with Crippen molar-refractivity contribution in [1.82, 2.24) is 29.3 Å². The summed E-state index contributed by atoms with van der Waals surface area (Å²) in [5.74, 6) is -0.707. The zero-order valence-corrected chi connectivity index (χ0v) is 14.2. The largest absolute Gasteiger partial charge is 0.369 e. The first-order valence-corrected chi connectivity index (χ1v) is 8.97. The molecular formula is C13H19N7O3S. The van der Waals surface area contributed by atoms with E-state index in [1.807, 2.05) is 6.92 Å². The fraction of sp³-hybridized carbons (Fsp3) is 0.538. The highest BCUT2D eigenvalue weighted by Gasteiger charge is 2.44. The minimum atomic E-state index is -3.75. The van der Waals surface area contributed by atoms with Gasteiger partial charge >= 0.3 is 0 Å². The van der Waals surface area contributed by atoms with Gasteiger partial charge in [0, 0.05) is 31.7 Å². The summed E-state index contributed by atoms with van der Waals surface area (Å²) in [4.78, 5) is 16.1. The summed E-state index contributed by atoms with van der Waals surface area (Å²) < 4.78 is 28.3. The Bertz CT molecular complexity index is 857. The van der Waals surface area contributed by atoms with Gasteiger partial charge in [0.25, 0.3) is 0 Å². The number of nitrogens with one attached hydrogen (secondary N) is 1. The molecule has 2 atom stereocenters. The van der Waals surface area contributed by atoms with Crippen LogP contribution in [-0.4, -0.2) is 56.7 Å². The number of amides is 1. The van der Waals surface area contributed by atoms with Gasteiger partial charge in [-0.25, -0.2) is 13.4 Å². The predicted molar refractivity (Wildman–Crippen MR) is 83.2 cm³/mol. The summed E-state index contributed by atoms with van der Waals surface area (Å²) in [5, 5.41) is 10.8. The second-order valence-electron chi connectivity index (χ2n) is 5.75. The Morgan fingerprint density at radius 1 is 1.46 bits per heavy atom. The molecule has 24 heavy (non-hydrogen) atoms. The maximum Gasteiger partial charge on any atom is 0.246 e. The lowest BCUT2D eigenvalue weighted by atomic mass is 9.95. The zero-order valence-electron chi connectivity index (χ0n) is 13.4. The summed E-state index contributed by atoms with van der Waals surface area (Å²) >= 11 is 0. The Morgan fingerprint density at radius 3 is 2.75 bits per heavy atom. The molecule has 3 N–H and O–H groups in total. The average molecular weight is 353 g/mol. The van der Waals surface area contributed by atoms with E-state index in [2.05, 4.69) is 20.3 Å². The molecule has 1 aliphatic rings. The van der Waals surface area contributed by atoms with Gasteiger partial charge in [-0.15, -0.1) is 0 Å². The average Bonchev–Trinajstić information content (AvgIpc) is 3.25. The lowest BCUT2D eigenvalue weighted by molar-refractivity contribution is -0.121. The topological polar surface area (TPSA) is 140 Å². The van der Waals surface area contributed by atoms with Crippen molar-refractivity contribution in [1.29, 1.82) is 0 Å². The van der Waals surface area contributed by atoms with Gasteiger partial charge in [0.05, 0.1) is 12.1 Å². The van der Waals surface area contributed by atoms with Crippen molar-refractivity contribution in [2.45, 2.75) is 31.2 Å². The van der Waals surface area contributed by atoms with Gasteiger partial charge in [0.15, 0.2) is 5.82 Å². The Kier molecular flexibility index (Phi) is 4.13. The number of nitrogens with two attached hydrogens (primary N) is 1. The first-order chi connectivity index (χ1) is 11.3. The van der Waals surface area contributed by atoms with Crippen LogP contribution in [0.4, 0.5) is 0 Å². The number of hydrogen-bond donors (Lipinski definition) is 2. The standard InChI is InChI=1S/C13H19N7O3S/c1-3-19-5-9(4-15-19)24(22,23)20-6-10(12(14)21)11(7-20)13-16-8(2)17-18-13/h4-5,10-11H,3,6-7H2,1-2H3,(H2,14,21)(H,16,17,18)/t10-,11-/m1/s1. The molecule has 0 aliphatic carbocycles. The van der Waals surface area contributed by atoms with E-state index in [1.54, 1.807) is 6.92 Å². The molecule has 3 rings (SSSR count). The van der Waals surface area contributed by atoms with Crippen molar-refractivity contribution in [3.63, 3.8) is 0 Å². The third-order valence-electron chi connectivity index (χ3n) is 4.17. The minimum absolute atomic E-state index is 0.00717. The van der Waals surface area contributed by atoms with E-state index in [-0.39, 0.29) is 18.0 Å². The van der Waals surface area contributed by atoms with E-state index in [9.17, 15) is 13.2 Å². The number of H-pyrrole nitrogens is 1. The number of carbonyl (C=O) groups excluding carboxylic acids is 1. The quantitative estimate of drug-likeness (QED) is 0.722. The predicted octanol–water partition coefficient (Wildman–Crippen LogP) is -0.781. The molecule has 2 aromatic rings. The third-order valence-corrected chi connectivity index (χ3v) is 5.95. The summed E-state index contributed by atoms with van der Waals surface area (Å²) in [5.41, 5.74) is 5.46. The van der Waals surface area contributed by atoms with Gasteiger partial charge in [-0.3, -0.25) is 14.6 Å². The molecule has 3 heterocycles. The van der Waals surface area contributed by atoms with E-state index in [4.69, 9.17) is 5.73 Å². The van der Waals surface area contributed by atoms with Crippen molar-refractivity contribution in [2.24, 2.45) is 11.7 Å². The van der Waals surface area contributed by atoms with Crippen molar-refractivity contribution >= 4 is 15.9 Å². The van der Waals surface area contributed by atoms with Gasteiger partial charge in [-0.2, -0.15) is 14.5 Å². The molecular weight excluding hydrogens is 334 g/mol. The van der Waals surface area contributed by atoms with Crippen molar-refractivity contribution in [3.05, 3.63) is 24.0 Å². The highest BCUT2D eigenvalue weighted by Crippen LogP contribution is 2.34. The smallest absolute Gasteiger partial charge is 0.246 e. The molecule has 1 aliphatic heterocycles. The molecule has 11 heteroatoms. The normalized spacial score (nSPS) is 22.1. The van der Waals surface area contributed by atoms with Crippen molar-refractivity contribution in [3.8, 4) is 0 Å². The second kappa shape index (κ2) is 5.98. The fourth-order valence-electron chi connectivity index (χ4n) is 2.84. The maximum absolute atomic E-state index is 12.8. The van der Waals surface area contributed by atoms with Crippen LogP contribution in [0.5, 0.6) is 0 Å². The fourth-order valence-corrected chi connectivity index (χ4v) is 4.29. The summed E-state index contributed by atoms with van der Waals surface area (Å²) in [6.45, 7) is 4.28. The molecule has 0 radical (unpaired) electrons. The van der Waals surface area contributed by atoms with Gasteiger partial charge in [-0.1, -0.05) is 0 Å². The van der Waals surface area contributed by atoms with E-state index in [1.165, 1.54) is 21.4 Å². The molecule has 130 valence electrons. The number of primary amides is 1. The molecule has 0 bridgehead atoms. The van der Waals surface area contributed by atoms with E-state index in [0.29, 0.717) is 18.2 Å². The van der Waals surface area contributed by atoms with Crippen LogP contribution < -0.4 is 5.73 Å². The molecule has 0 saturated carbocycles. The Morgan fingerprint density at radius 2 is 2.21 bits per heavy atom. The number of aromatic nitrogens is 5. The molecule has 10 nitrogen and oxygen atoms in total. The van der Waals surface area contributed by atoms with Gasteiger partial charge < -0.3 is 5.73 Å².